The van der Waals surface area contributed by atoms with Crippen LogP contribution in [-0.4, -0.2) is 16.7 Å². The van der Waals surface area contributed by atoms with Crippen molar-refractivity contribution in [3.63, 3.8) is 0 Å². The van der Waals surface area contributed by atoms with Crippen molar-refractivity contribution in [2.45, 2.75) is 45.1 Å². The molecular formula is C16H18O3. The molecule has 19 heavy (non-hydrogen) atoms. The first-order valence-electron chi connectivity index (χ1n) is 6.24. The first-order valence-corrected chi connectivity index (χ1v) is 6.24. The monoisotopic (exact) mass is 258 g/mol. The van der Waals surface area contributed by atoms with Crippen molar-refractivity contribution in [2.75, 3.05) is 0 Å². The Balaban J connectivity index is 2.76. The molecule has 0 radical (unpaired) electrons. The second-order valence-corrected chi connectivity index (χ2v) is 6.27. The van der Waals surface area contributed by atoms with Gasteiger partial charge in [-0.3, -0.25) is 0 Å². The highest BCUT2D eigenvalue weighted by atomic mass is 16.5. The van der Waals surface area contributed by atoms with Crippen molar-refractivity contribution in [1.82, 2.24) is 0 Å². The maximum Gasteiger partial charge on any atom is 0.339 e. The lowest BCUT2D eigenvalue weighted by Gasteiger charge is -2.43. The third kappa shape index (κ3) is 2.31. The fourth-order valence-corrected chi connectivity index (χ4v) is 2.96. The third-order valence-corrected chi connectivity index (χ3v) is 3.46. The van der Waals surface area contributed by atoms with Gasteiger partial charge in [0, 0.05) is 11.1 Å². The largest absolute Gasteiger partial charge is 0.487 e. The molecule has 1 heterocycles. The minimum Gasteiger partial charge on any atom is -0.487 e. The molecule has 0 saturated heterocycles. The molecule has 0 amide bonds. The molecule has 1 aromatic carbocycles. The van der Waals surface area contributed by atoms with E-state index in [-0.39, 0.29) is 11.0 Å². The summed E-state index contributed by atoms with van der Waals surface area (Å²) in [6, 6.07) is 3.36. The number of carboxylic acids is 1. The van der Waals surface area contributed by atoms with Crippen LogP contribution in [0.15, 0.2) is 12.1 Å². The highest BCUT2D eigenvalue weighted by molar-refractivity contribution is 5.92. The van der Waals surface area contributed by atoms with Gasteiger partial charge in [-0.15, -0.1) is 6.42 Å². The quantitative estimate of drug-likeness (QED) is 0.787. The second-order valence-electron chi connectivity index (χ2n) is 6.27. The van der Waals surface area contributed by atoms with Gasteiger partial charge in [0.1, 0.15) is 16.9 Å². The Morgan fingerprint density at radius 2 is 2.00 bits per heavy atom. The Hall–Kier alpha value is -1.95. The third-order valence-electron chi connectivity index (χ3n) is 3.46. The summed E-state index contributed by atoms with van der Waals surface area (Å²) in [5.74, 6) is 1.95. The van der Waals surface area contributed by atoms with Gasteiger partial charge in [-0.1, -0.05) is 19.8 Å². The molecule has 0 atom stereocenters. The number of aromatic carboxylic acids is 1. The average molecular weight is 258 g/mol. The summed E-state index contributed by atoms with van der Waals surface area (Å²) in [7, 11) is 0. The van der Waals surface area contributed by atoms with Crippen LogP contribution in [0.5, 0.6) is 5.75 Å². The first kappa shape index (κ1) is 13.5. The summed E-state index contributed by atoms with van der Waals surface area (Å²) >= 11 is 0. The zero-order valence-electron chi connectivity index (χ0n) is 11.7. The van der Waals surface area contributed by atoms with Crippen molar-refractivity contribution in [2.24, 2.45) is 0 Å². The van der Waals surface area contributed by atoms with Crippen LogP contribution >= 0.6 is 0 Å². The summed E-state index contributed by atoms with van der Waals surface area (Å²) in [4.78, 5) is 11.4. The van der Waals surface area contributed by atoms with E-state index in [1.54, 1.807) is 0 Å². The van der Waals surface area contributed by atoms with Crippen LogP contribution in [0.4, 0.5) is 0 Å². The van der Waals surface area contributed by atoms with E-state index in [0.717, 1.165) is 12.0 Å². The van der Waals surface area contributed by atoms with E-state index >= 15 is 0 Å². The number of carboxylic acid groups (broad SMARTS) is 1. The summed E-state index contributed by atoms with van der Waals surface area (Å²) < 4.78 is 5.90. The SMILES string of the molecule is C#Cc1cc(C(=O)O)c2c(c1)C(C)(C)CC(C)(C)O2. The molecule has 0 fully saturated rings. The Kier molecular flexibility index (Phi) is 2.86. The predicted molar refractivity (Wildman–Crippen MR) is 73.7 cm³/mol. The van der Waals surface area contributed by atoms with Crippen LogP contribution in [-0.2, 0) is 5.41 Å². The number of benzene rings is 1. The van der Waals surface area contributed by atoms with E-state index in [1.165, 1.54) is 6.07 Å². The van der Waals surface area contributed by atoms with Gasteiger partial charge in [0.15, 0.2) is 0 Å². The van der Waals surface area contributed by atoms with Gasteiger partial charge in [0.25, 0.3) is 0 Å². The molecule has 1 N–H and O–H groups in total. The van der Waals surface area contributed by atoms with Crippen LogP contribution in [0.25, 0.3) is 0 Å². The lowest BCUT2D eigenvalue weighted by molar-refractivity contribution is 0.0486. The van der Waals surface area contributed by atoms with Crippen molar-refractivity contribution >= 4 is 5.97 Å². The number of carbonyl (C=O) groups is 1. The van der Waals surface area contributed by atoms with Gasteiger partial charge in [-0.05, 0) is 37.8 Å². The van der Waals surface area contributed by atoms with E-state index in [4.69, 9.17) is 11.2 Å². The van der Waals surface area contributed by atoms with Gasteiger partial charge in [0.05, 0.1) is 0 Å². The average Bonchev–Trinajstić information content (AvgIpc) is 2.25. The summed E-state index contributed by atoms with van der Waals surface area (Å²) in [5, 5.41) is 9.35. The smallest absolute Gasteiger partial charge is 0.339 e. The van der Waals surface area contributed by atoms with E-state index < -0.39 is 11.6 Å². The van der Waals surface area contributed by atoms with Crippen molar-refractivity contribution in [3.8, 4) is 18.1 Å². The lowest BCUT2D eigenvalue weighted by Crippen LogP contribution is -2.42. The zero-order chi connectivity index (χ0) is 14.4. The standard InChI is InChI=1S/C16H18O3/c1-6-10-7-11(14(17)18)13-12(8-10)15(2,3)9-16(4,5)19-13/h1,7-8H,9H2,2-5H3,(H,17,18). The van der Waals surface area contributed by atoms with Crippen LogP contribution in [0.3, 0.4) is 0 Å². The van der Waals surface area contributed by atoms with Gasteiger partial charge in [-0.2, -0.15) is 0 Å². The molecule has 0 saturated carbocycles. The summed E-state index contributed by atoms with van der Waals surface area (Å²) in [6.07, 6.45) is 6.22. The molecule has 0 spiro atoms. The number of hydrogen-bond acceptors (Lipinski definition) is 2. The van der Waals surface area contributed by atoms with Gasteiger partial charge < -0.3 is 9.84 Å². The van der Waals surface area contributed by atoms with Crippen LogP contribution in [0, 0.1) is 12.3 Å². The molecule has 2 rings (SSSR count). The maximum atomic E-state index is 11.4. The van der Waals surface area contributed by atoms with Crippen molar-refractivity contribution in [3.05, 3.63) is 28.8 Å². The highest BCUT2D eigenvalue weighted by Crippen LogP contribution is 2.46. The van der Waals surface area contributed by atoms with E-state index in [2.05, 4.69) is 19.8 Å². The summed E-state index contributed by atoms with van der Waals surface area (Å²) in [5.41, 5.74) is 1.03. The van der Waals surface area contributed by atoms with Gasteiger partial charge in [0.2, 0.25) is 0 Å². The molecule has 0 bridgehead atoms. The van der Waals surface area contributed by atoms with Crippen LogP contribution < -0.4 is 4.74 Å². The van der Waals surface area contributed by atoms with Crippen molar-refractivity contribution in [1.29, 1.82) is 0 Å². The second kappa shape index (κ2) is 4.03. The highest BCUT2D eigenvalue weighted by Gasteiger charge is 2.41. The predicted octanol–water partition coefficient (Wildman–Crippen LogP) is 3.20. The van der Waals surface area contributed by atoms with Crippen LogP contribution in [0.2, 0.25) is 0 Å². The number of ether oxygens (including phenoxy) is 1. The Labute approximate surface area is 113 Å². The molecule has 1 aromatic rings. The van der Waals surface area contributed by atoms with Crippen LogP contribution in [0.1, 0.15) is 55.6 Å². The number of fused-ring (bicyclic) bond motifs is 1. The minimum absolute atomic E-state index is 0.145. The van der Waals surface area contributed by atoms with Gasteiger partial charge in [-0.25, -0.2) is 4.79 Å². The van der Waals surface area contributed by atoms with E-state index in [0.29, 0.717) is 11.3 Å². The van der Waals surface area contributed by atoms with E-state index in [1.807, 2.05) is 19.9 Å². The zero-order valence-corrected chi connectivity index (χ0v) is 11.7. The number of terminal acetylenes is 1. The topological polar surface area (TPSA) is 46.5 Å². The fraction of sp³-hybridized carbons (Fsp3) is 0.438. The Morgan fingerprint density at radius 3 is 2.53 bits per heavy atom. The Morgan fingerprint density at radius 1 is 1.37 bits per heavy atom. The van der Waals surface area contributed by atoms with Crippen molar-refractivity contribution < 1.29 is 14.6 Å². The van der Waals surface area contributed by atoms with Gasteiger partial charge >= 0.3 is 5.97 Å². The lowest BCUT2D eigenvalue weighted by atomic mass is 9.72. The van der Waals surface area contributed by atoms with E-state index in [9.17, 15) is 9.90 Å². The molecule has 1 aliphatic rings. The molecular weight excluding hydrogens is 240 g/mol. The molecule has 1 aliphatic heterocycles. The first-order chi connectivity index (χ1) is 8.66. The molecule has 0 aromatic heterocycles. The number of hydrogen-bond donors (Lipinski definition) is 1. The fourth-order valence-electron chi connectivity index (χ4n) is 2.96. The maximum absolute atomic E-state index is 11.4. The molecule has 100 valence electrons. The Bertz CT molecular complexity index is 589. The number of rotatable bonds is 1. The molecule has 0 aliphatic carbocycles. The summed E-state index contributed by atoms with van der Waals surface area (Å²) in [6.45, 7) is 8.11. The molecule has 3 heteroatoms. The minimum atomic E-state index is -1.01. The molecule has 3 nitrogen and oxygen atoms in total. The molecule has 0 unspecified atom stereocenters. The normalized spacial score (nSPS) is 18.9.